The van der Waals surface area contributed by atoms with Crippen LogP contribution in [0.4, 0.5) is 0 Å². The predicted octanol–water partition coefficient (Wildman–Crippen LogP) is 2.21. The number of nitrogens with one attached hydrogen (secondary N) is 2. The van der Waals surface area contributed by atoms with Gasteiger partial charge in [0.2, 0.25) is 5.91 Å². The van der Waals surface area contributed by atoms with Crippen molar-refractivity contribution in [2.75, 3.05) is 7.05 Å². The molecule has 2 aromatic carbocycles. The highest BCUT2D eigenvalue weighted by molar-refractivity contribution is 5.92. The fraction of sp³-hybridized carbons (Fsp3) is 0.222. The van der Waals surface area contributed by atoms with Crippen LogP contribution in [0.15, 0.2) is 59.6 Å². The van der Waals surface area contributed by atoms with Crippen LogP contribution >= 0.6 is 0 Å². The lowest BCUT2D eigenvalue weighted by Crippen LogP contribution is -2.38. The second kappa shape index (κ2) is 7.98. The number of rotatable bonds is 5. The third-order valence-corrected chi connectivity index (χ3v) is 3.55. The summed E-state index contributed by atoms with van der Waals surface area (Å²) >= 11 is 0. The first-order valence-corrected chi connectivity index (χ1v) is 7.51. The summed E-state index contributed by atoms with van der Waals surface area (Å²) in [6, 6.07) is 17.5. The van der Waals surface area contributed by atoms with Crippen molar-refractivity contribution in [2.45, 2.75) is 19.5 Å². The largest absolute Gasteiger partial charge is 0.366 e. The standard InChI is InChI=1S/C18H22N4O/c1-13(15-8-4-3-5-9-15)22-18(20-2)21-12-14-7-6-10-16(11-14)17(19)23/h3-11,13H,12H2,1-2H3,(H2,19,23)(H2,20,21,22). The maximum atomic E-state index is 11.2. The molecule has 1 atom stereocenters. The van der Waals surface area contributed by atoms with Crippen molar-refractivity contribution in [2.24, 2.45) is 10.7 Å². The Bertz CT molecular complexity index is 682. The Morgan fingerprint density at radius 2 is 1.91 bits per heavy atom. The van der Waals surface area contributed by atoms with Crippen LogP contribution < -0.4 is 16.4 Å². The van der Waals surface area contributed by atoms with Crippen molar-refractivity contribution in [1.29, 1.82) is 0 Å². The number of hydrogen-bond acceptors (Lipinski definition) is 2. The monoisotopic (exact) mass is 310 g/mol. The van der Waals surface area contributed by atoms with Crippen molar-refractivity contribution in [3.8, 4) is 0 Å². The Kier molecular flexibility index (Phi) is 5.74. The van der Waals surface area contributed by atoms with Gasteiger partial charge in [0, 0.05) is 19.2 Å². The van der Waals surface area contributed by atoms with Gasteiger partial charge in [-0.05, 0) is 30.2 Å². The molecule has 120 valence electrons. The zero-order valence-electron chi connectivity index (χ0n) is 13.4. The van der Waals surface area contributed by atoms with Gasteiger partial charge in [-0.2, -0.15) is 0 Å². The quantitative estimate of drug-likeness (QED) is 0.585. The SMILES string of the molecule is CN=C(NCc1cccc(C(N)=O)c1)NC(C)c1ccccc1. The van der Waals surface area contributed by atoms with E-state index in [0.29, 0.717) is 18.1 Å². The molecule has 0 aliphatic carbocycles. The number of aliphatic imine (C=N–C) groups is 1. The summed E-state index contributed by atoms with van der Waals surface area (Å²) in [6.07, 6.45) is 0. The molecular weight excluding hydrogens is 288 g/mol. The number of guanidine groups is 1. The van der Waals surface area contributed by atoms with Gasteiger partial charge in [0.15, 0.2) is 5.96 Å². The van der Waals surface area contributed by atoms with Gasteiger partial charge in [0.25, 0.3) is 0 Å². The number of hydrogen-bond donors (Lipinski definition) is 3. The molecule has 1 unspecified atom stereocenters. The van der Waals surface area contributed by atoms with E-state index in [-0.39, 0.29) is 6.04 Å². The zero-order chi connectivity index (χ0) is 16.7. The minimum Gasteiger partial charge on any atom is -0.366 e. The van der Waals surface area contributed by atoms with Gasteiger partial charge >= 0.3 is 0 Å². The van der Waals surface area contributed by atoms with E-state index in [2.05, 4.69) is 34.7 Å². The fourth-order valence-corrected chi connectivity index (χ4v) is 2.25. The van der Waals surface area contributed by atoms with Crippen molar-refractivity contribution < 1.29 is 4.79 Å². The molecule has 0 heterocycles. The van der Waals surface area contributed by atoms with Gasteiger partial charge in [0.1, 0.15) is 0 Å². The van der Waals surface area contributed by atoms with Crippen LogP contribution in [0.1, 0.15) is 34.5 Å². The summed E-state index contributed by atoms with van der Waals surface area (Å²) in [6.45, 7) is 2.64. The van der Waals surface area contributed by atoms with Gasteiger partial charge in [-0.15, -0.1) is 0 Å². The van der Waals surface area contributed by atoms with Crippen LogP contribution in [-0.4, -0.2) is 18.9 Å². The van der Waals surface area contributed by atoms with Gasteiger partial charge in [-0.3, -0.25) is 9.79 Å². The highest BCUT2D eigenvalue weighted by Gasteiger charge is 2.07. The Balaban J connectivity index is 1.95. The molecule has 0 radical (unpaired) electrons. The van der Waals surface area contributed by atoms with Gasteiger partial charge in [-0.1, -0.05) is 42.5 Å². The van der Waals surface area contributed by atoms with Crippen LogP contribution in [0.5, 0.6) is 0 Å². The van der Waals surface area contributed by atoms with E-state index in [4.69, 9.17) is 5.73 Å². The van der Waals surface area contributed by atoms with Gasteiger partial charge in [0.05, 0.1) is 6.04 Å². The lowest BCUT2D eigenvalue weighted by molar-refractivity contribution is 0.1000. The number of amides is 1. The Morgan fingerprint density at radius 1 is 1.17 bits per heavy atom. The van der Waals surface area contributed by atoms with E-state index < -0.39 is 5.91 Å². The Morgan fingerprint density at radius 3 is 2.57 bits per heavy atom. The average molecular weight is 310 g/mol. The second-order valence-corrected chi connectivity index (χ2v) is 5.27. The molecule has 0 saturated heterocycles. The minimum atomic E-state index is -0.424. The molecule has 0 aliphatic heterocycles. The summed E-state index contributed by atoms with van der Waals surface area (Å²) in [5.74, 6) is 0.276. The normalized spacial score (nSPS) is 12.5. The zero-order valence-corrected chi connectivity index (χ0v) is 13.4. The van der Waals surface area contributed by atoms with Gasteiger partial charge < -0.3 is 16.4 Å². The lowest BCUT2D eigenvalue weighted by Gasteiger charge is -2.18. The Labute approximate surface area is 136 Å². The molecule has 0 saturated carbocycles. The van der Waals surface area contributed by atoms with E-state index in [1.165, 1.54) is 5.56 Å². The van der Waals surface area contributed by atoms with Crippen molar-refractivity contribution in [3.05, 3.63) is 71.3 Å². The van der Waals surface area contributed by atoms with Crippen LogP contribution in [-0.2, 0) is 6.54 Å². The highest BCUT2D eigenvalue weighted by atomic mass is 16.1. The van der Waals surface area contributed by atoms with E-state index in [1.54, 1.807) is 19.2 Å². The second-order valence-electron chi connectivity index (χ2n) is 5.27. The molecular formula is C18H22N4O. The number of nitrogens with two attached hydrogens (primary N) is 1. The van der Waals surface area contributed by atoms with E-state index >= 15 is 0 Å². The van der Waals surface area contributed by atoms with Gasteiger partial charge in [-0.25, -0.2) is 0 Å². The van der Waals surface area contributed by atoms with Crippen LogP contribution in [0.3, 0.4) is 0 Å². The molecule has 0 bridgehead atoms. The summed E-state index contributed by atoms with van der Waals surface area (Å²) in [7, 11) is 1.73. The van der Waals surface area contributed by atoms with E-state index in [1.807, 2.05) is 30.3 Å². The molecule has 0 spiro atoms. The maximum absolute atomic E-state index is 11.2. The van der Waals surface area contributed by atoms with Crippen molar-refractivity contribution in [3.63, 3.8) is 0 Å². The summed E-state index contributed by atoms with van der Waals surface area (Å²) in [4.78, 5) is 15.4. The fourth-order valence-electron chi connectivity index (χ4n) is 2.25. The van der Waals surface area contributed by atoms with Crippen LogP contribution in [0.25, 0.3) is 0 Å². The van der Waals surface area contributed by atoms with Crippen LogP contribution in [0, 0.1) is 0 Å². The summed E-state index contributed by atoms with van der Waals surface area (Å²) in [5, 5.41) is 6.58. The molecule has 4 N–H and O–H groups in total. The first-order valence-electron chi connectivity index (χ1n) is 7.51. The topological polar surface area (TPSA) is 79.5 Å². The first-order chi connectivity index (χ1) is 11.1. The van der Waals surface area contributed by atoms with Crippen molar-refractivity contribution >= 4 is 11.9 Å². The third-order valence-electron chi connectivity index (χ3n) is 3.55. The van der Waals surface area contributed by atoms with E-state index in [0.717, 1.165) is 5.56 Å². The number of benzene rings is 2. The smallest absolute Gasteiger partial charge is 0.248 e. The third kappa shape index (κ3) is 4.85. The molecule has 0 fully saturated rings. The van der Waals surface area contributed by atoms with Crippen molar-refractivity contribution in [1.82, 2.24) is 10.6 Å². The average Bonchev–Trinajstić information content (AvgIpc) is 2.59. The number of carbonyl (C=O) groups excluding carboxylic acids is 1. The minimum absolute atomic E-state index is 0.138. The number of nitrogens with zero attached hydrogens (tertiary/aromatic N) is 1. The summed E-state index contributed by atoms with van der Waals surface area (Å²) < 4.78 is 0. The molecule has 0 aliphatic rings. The molecule has 5 nitrogen and oxygen atoms in total. The summed E-state index contributed by atoms with van der Waals surface area (Å²) in [5.41, 5.74) is 7.96. The lowest BCUT2D eigenvalue weighted by atomic mass is 10.1. The molecule has 23 heavy (non-hydrogen) atoms. The first kappa shape index (κ1) is 16.5. The number of primary amides is 1. The molecule has 2 aromatic rings. The molecule has 5 heteroatoms. The van der Waals surface area contributed by atoms with Crippen LogP contribution in [0.2, 0.25) is 0 Å². The molecule has 1 amide bonds. The molecule has 2 rings (SSSR count). The Hall–Kier alpha value is -2.82. The number of carbonyl (C=O) groups is 1. The highest BCUT2D eigenvalue weighted by Crippen LogP contribution is 2.11. The molecule has 0 aromatic heterocycles. The predicted molar refractivity (Wildman–Crippen MR) is 93.2 cm³/mol. The maximum Gasteiger partial charge on any atom is 0.248 e. The van der Waals surface area contributed by atoms with E-state index in [9.17, 15) is 4.79 Å².